The van der Waals surface area contributed by atoms with E-state index in [4.69, 9.17) is 41.9 Å². The molecular formula is C21H39N7O12. The topological polar surface area (TPSA) is 336 Å². The molecule has 16 N–H and O–H groups in total. The van der Waals surface area contributed by atoms with Gasteiger partial charge in [0.2, 0.25) is 0 Å². The summed E-state index contributed by atoms with van der Waals surface area (Å²) in [6.07, 6.45) is -17.3. The summed E-state index contributed by atoms with van der Waals surface area (Å²) in [5.41, 5.74) is 19.4. The first-order chi connectivity index (χ1) is 18.7. The second-order valence-corrected chi connectivity index (χ2v) is 9.89. The lowest BCUT2D eigenvalue weighted by Crippen LogP contribution is -2.66. The lowest BCUT2D eigenvalue weighted by atomic mass is 9.81. The predicted molar refractivity (Wildman–Crippen MR) is 133 cm³/mol. The lowest BCUT2D eigenvalue weighted by molar-refractivity contribution is -0.314. The number of aliphatic hydroxyl groups is 7. The molecule has 0 bridgehead atoms. The van der Waals surface area contributed by atoms with Crippen LogP contribution in [0.3, 0.4) is 0 Å². The fourth-order valence-corrected chi connectivity index (χ4v) is 5.08. The normalized spacial score (nSPS) is 47.4. The summed E-state index contributed by atoms with van der Waals surface area (Å²) in [4.78, 5) is 19.7. The van der Waals surface area contributed by atoms with Crippen LogP contribution in [0.25, 0.3) is 0 Å². The Kier molecular flexibility index (Phi) is 10.2. The number of ether oxygens (including phenoxy) is 4. The maximum atomic E-state index is 12.1. The van der Waals surface area contributed by atoms with Gasteiger partial charge in [0.25, 0.3) is 0 Å². The van der Waals surface area contributed by atoms with Gasteiger partial charge in [0.1, 0.15) is 60.9 Å². The van der Waals surface area contributed by atoms with E-state index in [1.54, 1.807) is 0 Å². The van der Waals surface area contributed by atoms with Crippen LogP contribution in [0.2, 0.25) is 0 Å². The maximum absolute atomic E-state index is 12.1. The Labute approximate surface area is 228 Å². The van der Waals surface area contributed by atoms with Crippen molar-refractivity contribution in [1.29, 1.82) is 0 Å². The Balaban J connectivity index is 1.96. The predicted octanol–water partition coefficient (Wildman–Crippen LogP) is -8.16. The molecule has 0 aromatic rings. The molecule has 3 rings (SSSR count). The van der Waals surface area contributed by atoms with Gasteiger partial charge in [0.15, 0.2) is 36.4 Å². The van der Waals surface area contributed by atoms with Gasteiger partial charge < -0.3 is 82.9 Å². The van der Waals surface area contributed by atoms with Gasteiger partial charge in [0.05, 0.1) is 18.8 Å². The van der Waals surface area contributed by atoms with E-state index >= 15 is 0 Å². The van der Waals surface area contributed by atoms with Crippen molar-refractivity contribution in [2.75, 3.05) is 13.7 Å². The monoisotopic (exact) mass is 581 g/mol. The number of aldehydes is 1. The fraction of sp³-hybridized carbons (Fsp3) is 0.857. The first-order valence-corrected chi connectivity index (χ1v) is 12.4. The minimum Gasteiger partial charge on any atom is -0.394 e. The van der Waals surface area contributed by atoms with Gasteiger partial charge >= 0.3 is 0 Å². The SMILES string of the molecule is CN[C@@H]1[C@H](O[C@H]2[C@H](O[C@H]3[C@H](O)[C@H](O)[C@H](N=C(N)N)[C@@H](O)[C@H]3N=C(N)N)O[C@@H](C)C2(O)C=O)O[C@@H](CO)[C@H](O)[C@@H]1O. The van der Waals surface area contributed by atoms with E-state index in [2.05, 4.69) is 15.3 Å². The van der Waals surface area contributed by atoms with Crippen molar-refractivity contribution in [3.05, 3.63) is 0 Å². The first-order valence-electron chi connectivity index (χ1n) is 12.4. The third-order valence-electron chi connectivity index (χ3n) is 7.34. The van der Waals surface area contributed by atoms with Crippen LogP contribution in [0.15, 0.2) is 9.98 Å². The number of hydrogen-bond donors (Lipinski definition) is 12. The molecular weight excluding hydrogens is 542 g/mol. The Morgan fingerprint density at radius 2 is 1.50 bits per heavy atom. The van der Waals surface area contributed by atoms with Crippen LogP contribution in [0.1, 0.15) is 6.92 Å². The number of nitrogens with one attached hydrogen (secondary N) is 1. The van der Waals surface area contributed by atoms with Gasteiger partial charge in [-0.3, -0.25) is 4.79 Å². The van der Waals surface area contributed by atoms with E-state index in [0.717, 1.165) is 0 Å². The van der Waals surface area contributed by atoms with E-state index in [0.29, 0.717) is 0 Å². The minimum atomic E-state index is -2.38. The molecule has 1 unspecified atom stereocenters. The lowest BCUT2D eigenvalue weighted by Gasteiger charge is -2.45. The molecule has 2 heterocycles. The number of hydrogen-bond acceptors (Lipinski definition) is 15. The van der Waals surface area contributed by atoms with Crippen LogP contribution in [-0.2, 0) is 23.7 Å². The number of nitrogens with zero attached hydrogens (tertiary/aromatic N) is 2. The Bertz CT molecular complexity index is 940. The number of carbonyl (C=O) groups is 1. The van der Waals surface area contributed by atoms with Crippen molar-refractivity contribution in [3.63, 3.8) is 0 Å². The molecule has 230 valence electrons. The smallest absolute Gasteiger partial charge is 0.188 e. The number of carbonyl (C=O) groups excluding carboxylic acids is 1. The van der Waals surface area contributed by atoms with E-state index in [1.165, 1.54) is 14.0 Å². The van der Waals surface area contributed by atoms with Crippen molar-refractivity contribution in [3.8, 4) is 0 Å². The number of aliphatic hydroxyl groups excluding tert-OH is 6. The highest BCUT2D eigenvalue weighted by Gasteiger charge is 2.60. The van der Waals surface area contributed by atoms with Gasteiger partial charge in [-0.1, -0.05) is 0 Å². The average Bonchev–Trinajstić information content (AvgIpc) is 3.13. The molecule has 3 fully saturated rings. The third-order valence-corrected chi connectivity index (χ3v) is 7.34. The summed E-state index contributed by atoms with van der Waals surface area (Å²) in [7, 11) is 1.42. The Morgan fingerprint density at radius 3 is 2.02 bits per heavy atom. The van der Waals surface area contributed by atoms with Gasteiger partial charge in [-0.25, -0.2) is 9.98 Å². The van der Waals surface area contributed by atoms with Crippen LogP contribution < -0.4 is 28.3 Å². The molecule has 0 spiro atoms. The highest BCUT2D eigenvalue weighted by atomic mass is 16.8. The van der Waals surface area contributed by atoms with Crippen molar-refractivity contribution >= 4 is 18.2 Å². The Morgan fingerprint density at radius 1 is 0.900 bits per heavy atom. The molecule has 0 radical (unpaired) electrons. The summed E-state index contributed by atoms with van der Waals surface area (Å²) in [6, 6.07) is -4.08. The minimum absolute atomic E-state index is 0.140. The molecule has 1 aliphatic carbocycles. The second kappa shape index (κ2) is 12.7. The number of nitrogens with two attached hydrogens (primary N) is 4. The standard InChI is InChI=1S/C21H39N7O12/c1-5-21(36,4-30)16(40-17-9(26-2)13(34)10(31)6(3-29)38-17)18(37-5)39-15-8(28-20(24)25)11(32)7(27-19(22)23)12(33)14(15)35/h4-18,26,29,31-36H,3H2,1-2H3,(H4,22,23,27)(H4,24,25,28)/t5-,6-,7+,8+,9-,10-,11+,12+,13+,14+,15+,16-,17-,18-,21?/m0/s1. The van der Waals surface area contributed by atoms with Gasteiger partial charge in [-0.2, -0.15) is 0 Å². The van der Waals surface area contributed by atoms with Crippen LogP contribution in [0, 0.1) is 0 Å². The summed E-state index contributed by atoms with van der Waals surface area (Å²) in [5, 5.41) is 76.6. The highest BCUT2D eigenvalue weighted by molar-refractivity contribution is 5.76. The molecule has 2 saturated heterocycles. The number of aliphatic imine (C=N–C) groups is 2. The average molecular weight is 582 g/mol. The molecule has 0 aromatic carbocycles. The molecule has 3 aliphatic rings. The van der Waals surface area contributed by atoms with Crippen LogP contribution in [-0.4, -0.2) is 159 Å². The quantitative estimate of drug-likeness (QED) is 0.0682. The van der Waals surface area contributed by atoms with Crippen LogP contribution in [0.5, 0.6) is 0 Å². The highest BCUT2D eigenvalue weighted by Crippen LogP contribution is 2.38. The number of rotatable bonds is 9. The number of likely N-dealkylation sites (N-methyl/N-ethyl adjacent to an activating group) is 1. The summed E-state index contributed by atoms with van der Waals surface area (Å²) < 4.78 is 22.9. The van der Waals surface area contributed by atoms with Crippen LogP contribution in [0.4, 0.5) is 0 Å². The molecule has 0 amide bonds. The molecule has 19 heteroatoms. The first kappa shape index (κ1) is 32.2. The fourth-order valence-electron chi connectivity index (χ4n) is 5.08. The number of guanidine groups is 2. The van der Waals surface area contributed by atoms with Crippen molar-refractivity contribution in [1.82, 2.24) is 5.32 Å². The largest absolute Gasteiger partial charge is 0.394 e. The van der Waals surface area contributed by atoms with Gasteiger partial charge in [0, 0.05) is 0 Å². The van der Waals surface area contributed by atoms with Gasteiger partial charge in [-0.05, 0) is 14.0 Å². The molecule has 2 aliphatic heterocycles. The zero-order chi connectivity index (χ0) is 30.1. The molecule has 15 atom stereocenters. The summed E-state index contributed by atoms with van der Waals surface area (Å²) in [6.45, 7) is 0.620. The zero-order valence-electron chi connectivity index (χ0n) is 21.7. The summed E-state index contributed by atoms with van der Waals surface area (Å²) >= 11 is 0. The van der Waals surface area contributed by atoms with E-state index in [1.807, 2.05) is 0 Å². The summed E-state index contributed by atoms with van der Waals surface area (Å²) in [5.74, 6) is -1.03. The van der Waals surface area contributed by atoms with Crippen molar-refractivity contribution in [2.45, 2.75) is 98.2 Å². The zero-order valence-corrected chi connectivity index (χ0v) is 21.7. The molecule has 1 saturated carbocycles. The molecule has 0 aromatic heterocycles. The molecule has 40 heavy (non-hydrogen) atoms. The second-order valence-electron chi connectivity index (χ2n) is 9.89. The van der Waals surface area contributed by atoms with Gasteiger partial charge in [-0.15, -0.1) is 0 Å². The maximum Gasteiger partial charge on any atom is 0.188 e. The van der Waals surface area contributed by atoms with E-state index in [-0.39, 0.29) is 6.29 Å². The Hall–Kier alpha value is -2.27. The van der Waals surface area contributed by atoms with Crippen molar-refractivity contribution < 1.29 is 59.5 Å². The molecule has 19 nitrogen and oxygen atoms in total. The van der Waals surface area contributed by atoms with Crippen molar-refractivity contribution in [2.24, 2.45) is 32.9 Å². The third kappa shape index (κ3) is 6.00. The van der Waals surface area contributed by atoms with E-state index < -0.39 is 110 Å². The van der Waals surface area contributed by atoms with E-state index in [9.17, 15) is 40.5 Å². The van der Waals surface area contributed by atoms with Crippen LogP contribution >= 0.6 is 0 Å².